The van der Waals surface area contributed by atoms with Crippen LogP contribution in [0.5, 0.6) is 0 Å². The van der Waals surface area contributed by atoms with E-state index in [2.05, 4.69) is 80.8 Å². The van der Waals surface area contributed by atoms with Crippen molar-refractivity contribution < 1.29 is 14.7 Å². The van der Waals surface area contributed by atoms with E-state index in [1.54, 1.807) is 12.1 Å². The molecular formula is C23H25Br2N3O3. The van der Waals surface area contributed by atoms with E-state index in [4.69, 9.17) is 10.2 Å². The lowest BCUT2D eigenvalue weighted by Gasteiger charge is -2.12. The normalized spacial score (nSPS) is 11.3. The van der Waals surface area contributed by atoms with Gasteiger partial charge in [0.25, 0.3) is 0 Å². The minimum absolute atomic E-state index is 0.528. The molecule has 0 aliphatic rings. The Balaban J connectivity index is 1.88. The van der Waals surface area contributed by atoms with Crippen LogP contribution in [0.4, 0.5) is 5.69 Å². The van der Waals surface area contributed by atoms with Crippen molar-refractivity contribution in [1.82, 2.24) is 9.78 Å². The van der Waals surface area contributed by atoms with Crippen LogP contribution in [-0.2, 0) is 29.0 Å². The predicted octanol–water partition coefficient (Wildman–Crippen LogP) is 5.78. The van der Waals surface area contributed by atoms with Crippen molar-refractivity contribution in [2.75, 3.05) is 5.32 Å². The minimum atomic E-state index is -1.16. The predicted molar refractivity (Wildman–Crippen MR) is 129 cm³/mol. The Bertz CT molecular complexity index is 1120. The number of hydrogen-bond donors (Lipinski definition) is 2. The summed E-state index contributed by atoms with van der Waals surface area (Å²) < 4.78 is 3.79. The fourth-order valence-electron chi connectivity index (χ4n) is 3.60. The molecule has 0 aliphatic carbocycles. The fraction of sp³-hybridized carbons (Fsp3) is 0.348. The van der Waals surface area contributed by atoms with Crippen molar-refractivity contribution in [2.45, 2.75) is 46.6 Å². The minimum Gasteiger partial charge on any atom is -0.481 e. The molecule has 2 aromatic carbocycles. The Hall–Kier alpha value is -2.19. The van der Waals surface area contributed by atoms with Crippen LogP contribution in [0, 0.1) is 5.92 Å². The maximum absolute atomic E-state index is 11.7. The summed E-state index contributed by atoms with van der Waals surface area (Å²) in [5, 5.41) is 17.3. The van der Waals surface area contributed by atoms with Crippen LogP contribution in [0.1, 0.15) is 44.0 Å². The zero-order valence-electron chi connectivity index (χ0n) is 17.7. The Morgan fingerprint density at radius 2 is 1.84 bits per heavy atom. The highest BCUT2D eigenvalue weighted by Crippen LogP contribution is 2.32. The zero-order valence-corrected chi connectivity index (χ0v) is 20.9. The van der Waals surface area contributed by atoms with E-state index in [1.807, 2.05) is 0 Å². The first-order valence-electron chi connectivity index (χ1n) is 10.2. The third-order valence-electron chi connectivity index (χ3n) is 4.90. The van der Waals surface area contributed by atoms with Gasteiger partial charge in [0.15, 0.2) is 0 Å². The second kappa shape index (κ2) is 9.96. The Morgan fingerprint density at radius 3 is 2.42 bits per heavy atom. The molecule has 1 amide bonds. The number of halogens is 2. The molecule has 1 aromatic heterocycles. The van der Waals surface area contributed by atoms with Gasteiger partial charge in [0, 0.05) is 32.3 Å². The van der Waals surface area contributed by atoms with Crippen LogP contribution in [0.25, 0.3) is 10.9 Å². The van der Waals surface area contributed by atoms with E-state index in [9.17, 15) is 9.59 Å². The molecule has 0 saturated carbocycles. The quantitative estimate of drug-likeness (QED) is 0.348. The summed E-state index contributed by atoms with van der Waals surface area (Å²) in [5.41, 5.74) is 5.00. The van der Waals surface area contributed by atoms with E-state index in [0.717, 1.165) is 38.6 Å². The summed E-state index contributed by atoms with van der Waals surface area (Å²) in [6.45, 7) is 7.45. The van der Waals surface area contributed by atoms with Crippen molar-refractivity contribution in [3.63, 3.8) is 0 Å². The van der Waals surface area contributed by atoms with Crippen molar-refractivity contribution in [3.05, 3.63) is 56.1 Å². The molecule has 8 heteroatoms. The molecule has 0 fully saturated rings. The van der Waals surface area contributed by atoms with Crippen LogP contribution in [-0.4, -0.2) is 26.8 Å². The number of nitrogens with one attached hydrogen (secondary N) is 1. The number of aromatic nitrogens is 2. The number of nitrogens with zero attached hydrogens (tertiary/aromatic N) is 2. The van der Waals surface area contributed by atoms with Gasteiger partial charge in [-0.2, -0.15) is 5.10 Å². The zero-order chi connectivity index (χ0) is 22.7. The van der Waals surface area contributed by atoms with Crippen molar-refractivity contribution in [1.29, 1.82) is 0 Å². The standard InChI is InChI=1S/C23H25Br2N3O3/c1-4-21-17-8-14(5-6-20(17)27-28(21)12-13(2)3)7-16-18(24)9-15(10-19(16)25)26-22(29)11-23(30)31/h5-6,8-10,13H,4,7,11-12H2,1-3H3,(H,26,29)(H,30,31). The molecule has 164 valence electrons. The first kappa shape index (κ1) is 23.5. The molecule has 0 spiro atoms. The molecule has 0 saturated heterocycles. The van der Waals surface area contributed by atoms with Crippen LogP contribution in [0.15, 0.2) is 39.3 Å². The summed E-state index contributed by atoms with van der Waals surface area (Å²) in [7, 11) is 0. The van der Waals surface area contributed by atoms with Gasteiger partial charge in [-0.1, -0.05) is 58.7 Å². The van der Waals surface area contributed by atoms with Gasteiger partial charge in [0.05, 0.1) is 5.52 Å². The number of benzene rings is 2. The number of rotatable bonds is 8. The molecule has 0 unspecified atom stereocenters. The smallest absolute Gasteiger partial charge is 0.312 e. The van der Waals surface area contributed by atoms with Crippen LogP contribution in [0.3, 0.4) is 0 Å². The second-order valence-electron chi connectivity index (χ2n) is 7.94. The number of carboxylic acid groups (broad SMARTS) is 1. The van der Waals surface area contributed by atoms with Crippen LogP contribution >= 0.6 is 31.9 Å². The van der Waals surface area contributed by atoms with Crippen molar-refractivity contribution >= 4 is 60.3 Å². The molecule has 3 aromatic rings. The van der Waals surface area contributed by atoms with Gasteiger partial charge in [-0.3, -0.25) is 14.3 Å². The molecule has 6 nitrogen and oxygen atoms in total. The maximum atomic E-state index is 11.7. The summed E-state index contributed by atoms with van der Waals surface area (Å²) in [5.74, 6) is -1.19. The number of aliphatic carboxylic acids is 1. The lowest BCUT2D eigenvalue weighted by Crippen LogP contribution is -2.16. The highest BCUT2D eigenvalue weighted by molar-refractivity contribution is 9.11. The van der Waals surface area contributed by atoms with Gasteiger partial charge < -0.3 is 10.4 Å². The fourth-order valence-corrected chi connectivity index (χ4v) is 5.07. The highest BCUT2D eigenvalue weighted by atomic mass is 79.9. The third kappa shape index (κ3) is 5.74. The average Bonchev–Trinajstić information content (AvgIpc) is 2.99. The van der Waals surface area contributed by atoms with Crippen LogP contribution in [0.2, 0.25) is 0 Å². The number of carbonyl (C=O) groups excluding carboxylic acids is 1. The molecule has 31 heavy (non-hydrogen) atoms. The number of fused-ring (bicyclic) bond motifs is 1. The Labute approximate surface area is 198 Å². The number of hydrogen-bond acceptors (Lipinski definition) is 3. The third-order valence-corrected chi connectivity index (χ3v) is 6.32. The number of amides is 1. The molecular weight excluding hydrogens is 526 g/mol. The highest BCUT2D eigenvalue weighted by Gasteiger charge is 2.15. The van der Waals surface area contributed by atoms with Crippen molar-refractivity contribution in [3.8, 4) is 0 Å². The SMILES string of the molecule is CCc1c2cc(Cc3c(Br)cc(NC(=O)CC(=O)O)cc3Br)ccc2nn1CC(C)C. The lowest BCUT2D eigenvalue weighted by molar-refractivity contribution is -0.139. The summed E-state index contributed by atoms with van der Waals surface area (Å²) in [6, 6.07) is 9.95. The summed E-state index contributed by atoms with van der Waals surface area (Å²) >= 11 is 7.18. The number of carbonyl (C=O) groups is 2. The van der Waals surface area contributed by atoms with Gasteiger partial charge in [0.2, 0.25) is 5.91 Å². The largest absolute Gasteiger partial charge is 0.481 e. The number of carboxylic acids is 1. The first-order chi connectivity index (χ1) is 14.7. The molecule has 0 radical (unpaired) electrons. The van der Waals surface area contributed by atoms with Gasteiger partial charge in [-0.05, 0) is 54.2 Å². The molecule has 3 rings (SSSR count). The summed E-state index contributed by atoms with van der Waals surface area (Å²) in [6.07, 6.45) is 1.05. The second-order valence-corrected chi connectivity index (χ2v) is 9.65. The van der Waals surface area contributed by atoms with E-state index in [1.165, 1.54) is 11.1 Å². The molecule has 0 bridgehead atoms. The summed E-state index contributed by atoms with van der Waals surface area (Å²) in [4.78, 5) is 22.4. The van der Waals surface area contributed by atoms with E-state index in [0.29, 0.717) is 18.0 Å². The van der Waals surface area contributed by atoms with Crippen molar-refractivity contribution in [2.24, 2.45) is 5.92 Å². The van der Waals surface area contributed by atoms with Gasteiger partial charge in [0.1, 0.15) is 6.42 Å². The average molecular weight is 551 g/mol. The molecule has 2 N–H and O–H groups in total. The number of anilines is 1. The molecule has 1 heterocycles. The number of aryl methyl sites for hydroxylation is 1. The monoisotopic (exact) mass is 549 g/mol. The van der Waals surface area contributed by atoms with Gasteiger partial charge >= 0.3 is 5.97 Å². The van der Waals surface area contributed by atoms with Crippen LogP contribution < -0.4 is 5.32 Å². The molecule has 0 atom stereocenters. The Kier molecular flexibility index (Phi) is 7.54. The maximum Gasteiger partial charge on any atom is 0.312 e. The Morgan fingerprint density at radius 1 is 1.16 bits per heavy atom. The lowest BCUT2D eigenvalue weighted by atomic mass is 10.0. The topological polar surface area (TPSA) is 84.2 Å². The van der Waals surface area contributed by atoms with E-state index < -0.39 is 18.3 Å². The van der Waals surface area contributed by atoms with Gasteiger partial charge in [-0.25, -0.2) is 0 Å². The van der Waals surface area contributed by atoms with E-state index in [-0.39, 0.29) is 0 Å². The molecule has 0 aliphatic heterocycles. The van der Waals surface area contributed by atoms with E-state index >= 15 is 0 Å². The first-order valence-corrected chi connectivity index (χ1v) is 11.7. The van der Waals surface area contributed by atoms with Gasteiger partial charge in [-0.15, -0.1) is 0 Å².